The van der Waals surface area contributed by atoms with E-state index < -0.39 is 0 Å². The van der Waals surface area contributed by atoms with Crippen LogP contribution in [0.4, 0.5) is 0 Å². The third kappa shape index (κ3) is 9.26. The summed E-state index contributed by atoms with van der Waals surface area (Å²) in [4.78, 5) is 2.77. The number of rotatable bonds is 11. The number of nitrogens with zero attached hydrogens (tertiary/aromatic N) is 1. The van der Waals surface area contributed by atoms with Gasteiger partial charge in [-0.3, -0.25) is 4.72 Å². The first-order valence-electron chi connectivity index (χ1n) is 16.0. The van der Waals surface area contributed by atoms with E-state index >= 15 is 0 Å². The summed E-state index contributed by atoms with van der Waals surface area (Å²) in [6, 6.07) is 0.586. The van der Waals surface area contributed by atoms with Crippen molar-refractivity contribution in [2.75, 3.05) is 32.7 Å². The van der Waals surface area contributed by atoms with Crippen LogP contribution in [0.5, 0.6) is 0 Å². The molecule has 4 aliphatic rings. The smallest absolute Gasteiger partial charge is 0.0375 e. The second kappa shape index (κ2) is 14.8. The second-order valence-corrected chi connectivity index (χ2v) is 16.1. The number of hydrogen-bond donors (Lipinski definition) is 2. The molecule has 0 bridgehead atoms. The summed E-state index contributed by atoms with van der Waals surface area (Å²) < 4.78 is 3.77. The van der Waals surface area contributed by atoms with E-state index in [2.05, 4.69) is 67.8 Å². The number of likely N-dealkylation sites (tertiary alicyclic amines) is 1. The Hall–Kier alpha value is -0.0000000000000000555. The molecule has 0 aromatic heterocycles. The van der Waals surface area contributed by atoms with Gasteiger partial charge in [0, 0.05) is 36.3 Å². The molecule has 2 fully saturated rings. The molecule has 7 atom stereocenters. The zero-order chi connectivity index (χ0) is 27.1. The summed E-state index contributed by atoms with van der Waals surface area (Å²) >= 11 is 8.36. The molecule has 0 amide bonds. The Morgan fingerprint density at radius 2 is 1.87 bits per heavy atom. The van der Waals surface area contributed by atoms with Gasteiger partial charge in [0.1, 0.15) is 0 Å². The van der Waals surface area contributed by atoms with Crippen LogP contribution in [0.1, 0.15) is 98.8 Å². The predicted octanol–water partition coefficient (Wildman–Crippen LogP) is 8.07. The van der Waals surface area contributed by atoms with Gasteiger partial charge in [-0.05, 0) is 106 Å². The van der Waals surface area contributed by atoms with Gasteiger partial charge in [0.2, 0.25) is 0 Å². The number of hydrogen-bond acceptors (Lipinski definition) is 4. The fourth-order valence-electron chi connectivity index (χ4n) is 7.72. The Labute approximate surface area is 244 Å². The first-order chi connectivity index (χ1) is 18.2. The topological polar surface area (TPSA) is 27.3 Å². The molecule has 218 valence electrons. The Balaban J connectivity index is 1.19. The molecule has 2 N–H and O–H groups in total. The Morgan fingerprint density at radius 1 is 1.08 bits per heavy atom. The Bertz CT molecular complexity index is 780. The van der Waals surface area contributed by atoms with Crippen LogP contribution < -0.4 is 10.0 Å². The van der Waals surface area contributed by atoms with Crippen LogP contribution in [-0.2, 0) is 0 Å². The van der Waals surface area contributed by atoms with Crippen molar-refractivity contribution in [3.05, 3.63) is 23.8 Å². The second-order valence-electron chi connectivity index (χ2n) is 14.4. The third-order valence-electron chi connectivity index (χ3n) is 10.1. The zero-order valence-corrected chi connectivity index (χ0v) is 26.8. The van der Waals surface area contributed by atoms with E-state index in [9.17, 15) is 0 Å². The molecule has 0 aromatic carbocycles. The molecule has 3 nitrogen and oxygen atoms in total. The fraction of sp³-hybridized carbons (Fsp3) is 0.879. The van der Waals surface area contributed by atoms with Gasteiger partial charge in [0.05, 0.1) is 0 Å². The van der Waals surface area contributed by atoms with Gasteiger partial charge >= 0.3 is 0 Å². The minimum absolute atomic E-state index is 0.345. The third-order valence-corrected chi connectivity index (χ3v) is 11.5. The lowest BCUT2D eigenvalue weighted by Gasteiger charge is -2.47. The molecule has 3 aliphatic carbocycles. The summed E-state index contributed by atoms with van der Waals surface area (Å²) in [6.07, 6.45) is 20.2. The van der Waals surface area contributed by atoms with Crippen LogP contribution >= 0.6 is 23.5 Å². The van der Waals surface area contributed by atoms with Crippen LogP contribution in [0, 0.1) is 35.0 Å². The van der Waals surface area contributed by atoms with E-state index in [0.29, 0.717) is 28.0 Å². The van der Waals surface area contributed by atoms with Crippen molar-refractivity contribution in [1.29, 1.82) is 0 Å². The standard InChI is InChI=1S/C33H58ClN3S/c1-24(2)32(22-37-17-16-31(33(4,5)23-37)28-12-14-29(34)15-13-28)35-20-26-9-7-10-27(19-26)21-36-38-30-11-6-8-25(3)18-30/h6,11-12,24-27,29-32,35-36H,7-10,13-23H2,1-5H3/t25?,26?,27?,29?,30?,31-,32+/m1/s1. The quantitative estimate of drug-likeness (QED) is 0.151. The number of allylic oxidation sites excluding steroid dienone is 3. The largest absolute Gasteiger partial charge is 0.312 e. The monoisotopic (exact) mass is 563 g/mol. The lowest BCUT2D eigenvalue weighted by molar-refractivity contribution is 0.0590. The Kier molecular flexibility index (Phi) is 12.0. The Morgan fingerprint density at radius 3 is 2.55 bits per heavy atom. The molecule has 0 aromatic rings. The molecule has 1 heterocycles. The highest BCUT2D eigenvalue weighted by Gasteiger charge is 2.39. The van der Waals surface area contributed by atoms with E-state index in [-0.39, 0.29) is 0 Å². The van der Waals surface area contributed by atoms with Crippen molar-refractivity contribution in [3.63, 3.8) is 0 Å². The van der Waals surface area contributed by atoms with Crippen LogP contribution in [-0.4, -0.2) is 54.3 Å². The highest BCUT2D eigenvalue weighted by atomic mass is 35.5. The summed E-state index contributed by atoms with van der Waals surface area (Å²) in [5.41, 5.74) is 2.05. The SMILES string of the molecule is CC1CC=CC(SNCC2CCCC(CN[C@@H](CN3CC[C@H](C4=CCC(Cl)CC4)C(C)(C)C3)C(C)C)C2)C1. The van der Waals surface area contributed by atoms with Crippen molar-refractivity contribution >= 4 is 23.5 Å². The average Bonchev–Trinajstić information content (AvgIpc) is 2.87. The number of alkyl halides is 1. The molecule has 5 heteroatoms. The molecule has 5 unspecified atom stereocenters. The summed E-state index contributed by atoms with van der Waals surface area (Å²) in [5.74, 6) is 3.91. The molecular formula is C33H58ClN3S. The molecule has 1 saturated heterocycles. The van der Waals surface area contributed by atoms with Crippen molar-refractivity contribution < 1.29 is 0 Å². The van der Waals surface area contributed by atoms with Gasteiger partial charge in [-0.15, -0.1) is 11.6 Å². The first kappa shape index (κ1) is 30.9. The van der Waals surface area contributed by atoms with E-state index in [1.54, 1.807) is 5.57 Å². The molecule has 1 aliphatic heterocycles. The van der Waals surface area contributed by atoms with Gasteiger partial charge in [-0.2, -0.15) is 0 Å². The van der Waals surface area contributed by atoms with Gasteiger partial charge in [-0.25, -0.2) is 0 Å². The van der Waals surface area contributed by atoms with Crippen LogP contribution in [0.15, 0.2) is 23.8 Å². The maximum Gasteiger partial charge on any atom is 0.0375 e. The maximum absolute atomic E-state index is 6.39. The van der Waals surface area contributed by atoms with E-state index in [0.717, 1.165) is 36.5 Å². The normalized spacial score (nSPS) is 35.3. The van der Waals surface area contributed by atoms with Crippen molar-refractivity contribution in [2.24, 2.45) is 35.0 Å². The molecule has 4 rings (SSSR count). The average molecular weight is 564 g/mol. The lowest BCUT2D eigenvalue weighted by atomic mass is 9.68. The fourth-order valence-corrected chi connectivity index (χ4v) is 9.08. The molecule has 1 saturated carbocycles. The van der Waals surface area contributed by atoms with Crippen LogP contribution in [0.25, 0.3) is 0 Å². The lowest BCUT2D eigenvalue weighted by Crippen LogP contribution is -2.52. The predicted molar refractivity (Wildman–Crippen MR) is 169 cm³/mol. The van der Waals surface area contributed by atoms with Crippen LogP contribution in [0.2, 0.25) is 0 Å². The van der Waals surface area contributed by atoms with Crippen LogP contribution in [0.3, 0.4) is 0 Å². The number of nitrogens with one attached hydrogen (secondary N) is 2. The molecule has 38 heavy (non-hydrogen) atoms. The maximum atomic E-state index is 6.39. The van der Waals surface area contributed by atoms with Gasteiger partial charge < -0.3 is 10.2 Å². The molecule has 0 radical (unpaired) electrons. The highest BCUT2D eigenvalue weighted by molar-refractivity contribution is 7.98. The summed E-state index contributed by atoms with van der Waals surface area (Å²) in [5, 5.41) is 5.10. The minimum Gasteiger partial charge on any atom is -0.312 e. The highest BCUT2D eigenvalue weighted by Crippen LogP contribution is 2.43. The first-order valence-corrected chi connectivity index (χ1v) is 17.3. The van der Waals surface area contributed by atoms with E-state index in [1.165, 1.54) is 84.1 Å². The number of halogens is 1. The van der Waals surface area contributed by atoms with Gasteiger partial charge in [0.25, 0.3) is 0 Å². The van der Waals surface area contributed by atoms with Crippen molar-refractivity contribution in [1.82, 2.24) is 14.9 Å². The minimum atomic E-state index is 0.345. The van der Waals surface area contributed by atoms with Crippen molar-refractivity contribution in [3.8, 4) is 0 Å². The summed E-state index contributed by atoms with van der Waals surface area (Å²) in [7, 11) is 0. The van der Waals surface area contributed by atoms with Gasteiger partial charge in [-0.1, -0.05) is 76.8 Å². The molecule has 0 spiro atoms. The molecular weight excluding hydrogens is 506 g/mol. The van der Waals surface area contributed by atoms with Crippen molar-refractivity contribution in [2.45, 2.75) is 115 Å². The summed E-state index contributed by atoms with van der Waals surface area (Å²) in [6.45, 7) is 18.3. The van der Waals surface area contributed by atoms with E-state index in [4.69, 9.17) is 11.6 Å². The number of piperidine rings is 1. The zero-order valence-electron chi connectivity index (χ0n) is 25.2. The van der Waals surface area contributed by atoms with Gasteiger partial charge in [0.15, 0.2) is 0 Å². The van der Waals surface area contributed by atoms with E-state index in [1.807, 2.05) is 11.9 Å².